The number of carbonyl (C=O) groups excluding carboxylic acids is 1. The molecule has 1 aliphatic rings. The molecule has 0 fully saturated rings. The van der Waals surface area contributed by atoms with Crippen LogP contribution in [-0.4, -0.2) is 29.4 Å². The van der Waals surface area contributed by atoms with Crippen LogP contribution in [0, 0.1) is 28.8 Å². The summed E-state index contributed by atoms with van der Waals surface area (Å²) >= 11 is 0. The van der Waals surface area contributed by atoms with E-state index in [-0.39, 0.29) is 35.1 Å². The van der Waals surface area contributed by atoms with Crippen molar-refractivity contribution < 1.29 is 22.7 Å². The molecule has 30 heavy (non-hydrogen) atoms. The number of nitrogens with one attached hydrogen (secondary N) is 1. The zero-order valence-electron chi connectivity index (χ0n) is 15.6. The number of carbonyl (C=O) groups is 1. The SMILES string of the molecule is CN(C(=O)c1ccc(C#N)c(F)c1)C1COCc2[nH]c(=O)c3cc(F)c(F)cc3c21. The van der Waals surface area contributed by atoms with Crippen molar-refractivity contribution >= 4 is 16.7 Å². The number of nitriles is 1. The fourth-order valence-electron chi connectivity index (χ4n) is 3.63. The molecular formula is C21H14F3N3O3. The third-order valence-electron chi connectivity index (χ3n) is 5.16. The van der Waals surface area contributed by atoms with Crippen LogP contribution in [0.1, 0.15) is 33.2 Å². The third kappa shape index (κ3) is 3.11. The Morgan fingerprint density at radius 3 is 2.53 bits per heavy atom. The monoisotopic (exact) mass is 413 g/mol. The van der Waals surface area contributed by atoms with Gasteiger partial charge in [-0.15, -0.1) is 0 Å². The lowest BCUT2D eigenvalue weighted by Gasteiger charge is -2.34. The molecule has 4 rings (SSSR count). The zero-order chi connectivity index (χ0) is 21.6. The molecule has 0 bridgehead atoms. The van der Waals surface area contributed by atoms with Crippen LogP contribution in [-0.2, 0) is 11.3 Å². The van der Waals surface area contributed by atoms with Gasteiger partial charge in [-0.2, -0.15) is 5.26 Å². The second-order valence-corrected chi connectivity index (χ2v) is 6.91. The number of fused-ring (bicyclic) bond motifs is 3. The first-order valence-electron chi connectivity index (χ1n) is 8.90. The molecule has 1 unspecified atom stereocenters. The maximum absolute atomic E-state index is 14.0. The largest absolute Gasteiger partial charge is 0.373 e. The van der Waals surface area contributed by atoms with Gasteiger partial charge in [0, 0.05) is 23.9 Å². The number of rotatable bonds is 2. The molecule has 0 radical (unpaired) electrons. The first-order valence-corrected chi connectivity index (χ1v) is 8.90. The lowest BCUT2D eigenvalue weighted by molar-refractivity contribution is 0.0335. The summed E-state index contributed by atoms with van der Waals surface area (Å²) < 4.78 is 47.1. The number of halogens is 3. The number of hydrogen-bond donors (Lipinski definition) is 1. The Morgan fingerprint density at radius 1 is 1.17 bits per heavy atom. The number of hydrogen-bond acceptors (Lipinski definition) is 4. The molecule has 0 saturated carbocycles. The van der Waals surface area contributed by atoms with Crippen LogP contribution < -0.4 is 5.56 Å². The number of aromatic nitrogens is 1. The molecule has 0 aliphatic carbocycles. The molecule has 2 aromatic carbocycles. The topological polar surface area (TPSA) is 86.2 Å². The summed E-state index contributed by atoms with van der Waals surface area (Å²) in [6, 6.07) is 6.16. The van der Waals surface area contributed by atoms with Gasteiger partial charge in [0.15, 0.2) is 11.6 Å². The number of benzene rings is 2. The summed E-state index contributed by atoms with van der Waals surface area (Å²) in [5.41, 5.74) is -0.0103. The van der Waals surface area contributed by atoms with Gasteiger partial charge in [0.25, 0.3) is 11.5 Å². The molecule has 1 aromatic heterocycles. The van der Waals surface area contributed by atoms with E-state index in [4.69, 9.17) is 10.00 Å². The van der Waals surface area contributed by atoms with Gasteiger partial charge in [-0.1, -0.05) is 0 Å². The van der Waals surface area contributed by atoms with Crippen LogP contribution >= 0.6 is 0 Å². The minimum atomic E-state index is -1.16. The minimum absolute atomic E-state index is 0.00655. The molecular weight excluding hydrogens is 399 g/mol. The lowest BCUT2D eigenvalue weighted by Crippen LogP contribution is -2.37. The molecule has 1 amide bonds. The van der Waals surface area contributed by atoms with Crippen LogP contribution in [0.5, 0.6) is 0 Å². The number of likely N-dealkylation sites (N-methyl/N-ethyl adjacent to an activating group) is 1. The number of aromatic amines is 1. The molecule has 6 nitrogen and oxygen atoms in total. The van der Waals surface area contributed by atoms with Crippen molar-refractivity contribution in [2.45, 2.75) is 12.6 Å². The maximum Gasteiger partial charge on any atom is 0.256 e. The molecule has 3 aromatic rings. The standard InChI is InChI=1S/C21H14F3N3O3/c1-27(21(29)10-2-3-11(7-25)14(22)4-10)18-9-30-8-17-19(18)12-5-15(23)16(24)6-13(12)20(28)26-17/h2-6,18H,8-9H2,1H3,(H,26,28). The van der Waals surface area contributed by atoms with Crippen molar-refractivity contribution in [2.75, 3.05) is 13.7 Å². The molecule has 0 saturated heterocycles. The van der Waals surface area contributed by atoms with Gasteiger partial charge < -0.3 is 14.6 Å². The summed E-state index contributed by atoms with van der Waals surface area (Å²) in [4.78, 5) is 29.1. The summed E-state index contributed by atoms with van der Waals surface area (Å²) in [5.74, 6) is -3.68. The van der Waals surface area contributed by atoms with Gasteiger partial charge in [0.1, 0.15) is 11.9 Å². The summed E-state index contributed by atoms with van der Waals surface area (Å²) in [6.07, 6.45) is 0. The predicted octanol–water partition coefficient (Wildman–Crippen LogP) is 3.16. The Bertz CT molecular complexity index is 1300. The van der Waals surface area contributed by atoms with E-state index in [0.29, 0.717) is 11.3 Å². The molecule has 0 spiro atoms. The molecule has 1 N–H and O–H groups in total. The highest BCUT2D eigenvalue weighted by Gasteiger charge is 2.31. The fraction of sp³-hybridized carbons (Fsp3) is 0.190. The van der Waals surface area contributed by atoms with Crippen molar-refractivity contribution in [1.82, 2.24) is 9.88 Å². The average Bonchev–Trinajstić information content (AvgIpc) is 2.73. The van der Waals surface area contributed by atoms with Gasteiger partial charge in [-0.05, 0) is 35.7 Å². The normalized spacial score (nSPS) is 15.5. The molecule has 2 heterocycles. The number of pyridine rings is 1. The van der Waals surface area contributed by atoms with Crippen molar-refractivity contribution in [3.63, 3.8) is 0 Å². The van der Waals surface area contributed by atoms with Crippen LogP contribution in [0.15, 0.2) is 35.1 Å². The van der Waals surface area contributed by atoms with E-state index >= 15 is 0 Å². The zero-order valence-corrected chi connectivity index (χ0v) is 15.6. The van der Waals surface area contributed by atoms with Crippen LogP contribution in [0.2, 0.25) is 0 Å². The number of nitrogens with zero attached hydrogens (tertiary/aromatic N) is 2. The van der Waals surface area contributed by atoms with E-state index in [1.54, 1.807) is 6.07 Å². The van der Waals surface area contributed by atoms with Crippen molar-refractivity contribution in [2.24, 2.45) is 0 Å². The van der Waals surface area contributed by atoms with Gasteiger partial charge in [-0.3, -0.25) is 9.59 Å². The van der Waals surface area contributed by atoms with Crippen molar-refractivity contribution in [3.8, 4) is 6.07 Å². The highest BCUT2D eigenvalue weighted by molar-refractivity contribution is 5.95. The number of amides is 1. The minimum Gasteiger partial charge on any atom is -0.373 e. The van der Waals surface area contributed by atoms with E-state index < -0.39 is 35.0 Å². The van der Waals surface area contributed by atoms with E-state index in [1.165, 1.54) is 24.1 Å². The highest BCUT2D eigenvalue weighted by atomic mass is 19.2. The average molecular weight is 413 g/mol. The molecule has 1 atom stereocenters. The molecule has 1 aliphatic heterocycles. The Hall–Kier alpha value is -3.64. The molecule has 9 heteroatoms. The summed E-state index contributed by atoms with van der Waals surface area (Å²) in [6.45, 7) is 0.0671. The van der Waals surface area contributed by atoms with Crippen LogP contribution in [0.25, 0.3) is 10.8 Å². The van der Waals surface area contributed by atoms with Crippen LogP contribution in [0.4, 0.5) is 13.2 Å². The number of ether oxygens (including phenoxy) is 1. The summed E-state index contributed by atoms with van der Waals surface area (Å²) in [7, 11) is 1.46. The quantitative estimate of drug-likeness (QED) is 0.699. The van der Waals surface area contributed by atoms with Gasteiger partial charge in [0.2, 0.25) is 0 Å². The smallest absolute Gasteiger partial charge is 0.256 e. The highest BCUT2D eigenvalue weighted by Crippen LogP contribution is 2.34. The Kier molecular flexibility index (Phi) is 4.79. The summed E-state index contributed by atoms with van der Waals surface area (Å²) in [5, 5.41) is 8.97. The molecule has 152 valence electrons. The Labute approximate surface area is 168 Å². The van der Waals surface area contributed by atoms with Crippen LogP contribution in [0.3, 0.4) is 0 Å². The maximum atomic E-state index is 14.0. The van der Waals surface area contributed by atoms with Gasteiger partial charge in [-0.25, -0.2) is 13.2 Å². The predicted molar refractivity (Wildman–Crippen MR) is 100 cm³/mol. The fourth-order valence-corrected chi connectivity index (χ4v) is 3.63. The Morgan fingerprint density at radius 2 is 1.87 bits per heavy atom. The Balaban J connectivity index is 1.82. The van der Waals surface area contributed by atoms with Crippen molar-refractivity contribution in [3.05, 3.63) is 80.5 Å². The second kappa shape index (κ2) is 7.31. The number of H-pyrrole nitrogens is 1. The third-order valence-corrected chi connectivity index (χ3v) is 5.16. The van der Waals surface area contributed by atoms with Crippen molar-refractivity contribution in [1.29, 1.82) is 5.26 Å². The van der Waals surface area contributed by atoms with E-state index in [9.17, 15) is 22.8 Å². The van der Waals surface area contributed by atoms with Gasteiger partial charge >= 0.3 is 0 Å². The van der Waals surface area contributed by atoms with E-state index in [2.05, 4.69) is 4.98 Å². The first-order chi connectivity index (χ1) is 14.3. The van der Waals surface area contributed by atoms with Gasteiger partial charge in [0.05, 0.1) is 30.2 Å². The first kappa shape index (κ1) is 19.7. The lowest BCUT2D eigenvalue weighted by atomic mass is 9.95. The second-order valence-electron chi connectivity index (χ2n) is 6.91. The van der Waals surface area contributed by atoms with E-state index in [0.717, 1.165) is 18.2 Å². The van der Waals surface area contributed by atoms with E-state index in [1.807, 2.05) is 0 Å².